The number of rotatable bonds is 7. The molecular formula is C16H22FNO4. The highest BCUT2D eigenvalue weighted by Crippen LogP contribution is 2.32. The minimum Gasteiger partial charge on any atom is -0.494 e. The van der Waals surface area contributed by atoms with Crippen LogP contribution in [0, 0.1) is 5.82 Å². The molecule has 2 rings (SSSR count). The quantitative estimate of drug-likeness (QED) is 0.807. The average Bonchev–Trinajstić information content (AvgIpc) is 3.00. The lowest BCUT2D eigenvalue weighted by Gasteiger charge is -2.29. The third-order valence-electron chi connectivity index (χ3n) is 4.00. The summed E-state index contributed by atoms with van der Waals surface area (Å²) in [4.78, 5) is 12.1. The maximum atomic E-state index is 13.6. The number of methoxy groups -OCH3 is 1. The molecule has 22 heavy (non-hydrogen) atoms. The standard InChI is InChI=1S/C16H22FNO4/c1-21-14-5-4-12(10-13(14)17)15(20)18-11-16(22-9-8-19)6-2-3-7-16/h4-5,10,19H,2-3,6-9,11H2,1H3,(H,18,20). The number of ether oxygens (including phenoxy) is 2. The molecule has 1 aromatic carbocycles. The van der Waals surface area contributed by atoms with E-state index in [2.05, 4.69) is 5.32 Å². The first-order valence-corrected chi connectivity index (χ1v) is 7.47. The van der Waals surface area contributed by atoms with Gasteiger partial charge in [0.05, 0.1) is 25.9 Å². The van der Waals surface area contributed by atoms with E-state index < -0.39 is 11.4 Å². The number of nitrogens with one attached hydrogen (secondary N) is 1. The number of carbonyl (C=O) groups excluding carboxylic acids is 1. The Hall–Kier alpha value is -1.66. The van der Waals surface area contributed by atoms with Crippen molar-refractivity contribution in [1.29, 1.82) is 0 Å². The summed E-state index contributed by atoms with van der Waals surface area (Å²) < 4.78 is 24.2. The zero-order chi connectivity index (χ0) is 16.0. The van der Waals surface area contributed by atoms with Gasteiger partial charge in [-0.25, -0.2) is 4.39 Å². The van der Waals surface area contributed by atoms with Crippen molar-refractivity contribution < 1.29 is 23.8 Å². The fourth-order valence-corrected chi connectivity index (χ4v) is 2.80. The highest BCUT2D eigenvalue weighted by Gasteiger charge is 2.35. The molecule has 2 N–H and O–H groups in total. The number of aliphatic hydroxyl groups excluding tert-OH is 1. The van der Waals surface area contributed by atoms with Gasteiger partial charge in [0.15, 0.2) is 11.6 Å². The summed E-state index contributed by atoms with van der Waals surface area (Å²) >= 11 is 0. The van der Waals surface area contributed by atoms with Gasteiger partial charge in [-0.3, -0.25) is 4.79 Å². The maximum Gasteiger partial charge on any atom is 0.251 e. The molecule has 5 nitrogen and oxygen atoms in total. The van der Waals surface area contributed by atoms with Gasteiger partial charge in [0.25, 0.3) is 5.91 Å². The predicted molar refractivity (Wildman–Crippen MR) is 79.5 cm³/mol. The topological polar surface area (TPSA) is 67.8 Å². The molecule has 1 aliphatic carbocycles. The van der Waals surface area contributed by atoms with Gasteiger partial charge < -0.3 is 19.9 Å². The summed E-state index contributed by atoms with van der Waals surface area (Å²) in [6.45, 7) is 0.575. The van der Waals surface area contributed by atoms with Crippen LogP contribution in [0.1, 0.15) is 36.0 Å². The summed E-state index contributed by atoms with van der Waals surface area (Å²) in [5, 5.41) is 11.7. The third kappa shape index (κ3) is 3.96. The largest absolute Gasteiger partial charge is 0.494 e. The minimum atomic E-state index is -0.567. The van der Waals surface area contributed by atoms with E-state index in [9.17, 15) is 9.18 Å². The molecule has 0 saturated heterocycles. The van der Waals surface area contributed by atoms with E-state index in [1.165, 1.54) is 19.2 Å². The molecule has 1 aliphatic rings. The number of hydrogen-bond donors (Lipinski definition) is 2. The third-order valence-corrected chi connectivity index (χ3v) is 4.00. The molecule has 0 aliphatic heterocycles. The first-order valence-electron chi connectivity index (χ1n) is 7.47. The van der Waals surface area contributed by atoms with Crippen molar-refractivity contribution in [2.75, 3.05) is 26.9 Å². The van der Waals surface area contributed by atoms with Crippen molar-refractivity contribution in [2.45, 2.75) is 31.3 Å². The van der Waals surface area contributed by atoms with Crippen LogP contribution < -0.4 is 10.1 Å². The Balaban J connectivity index is 1.97. The van der Waals surface area contributed by atoms with Crippen LogP contribution in [0.15, 0.2) is 18.2 Å². The molecule has 122 valence electrons. The average molecular weight is 311 g/mol. The number of hydrogen-bond acceptors (Lipinski definition) is 4. The predicted octanol–water partition coefficient (Wildman–Crippen LogP) is 1.89. The van der Waals surface area contributed by atoms with E-state index >= 15 is 0 Å². The van der Waals surface area contributed by atoms with Crippen molar-refractivity contribution >= 4 is 5.91 Å². The summed E-state index contributed by atoms with van der Waals surface area (Å²) in [7, 11) is 1.38. The molecule has 0 atom stereocenters. The van der Waals surface area contributed by atoms with E-state index in [0.29, 0.717) is 6.54 Å². The van der Waals surface area contributed by atoms with Gasteiger partial charge >= 0.3 is 0 Å². The Morgan fingerprint density at radius 2 is 2.14 bits per heavy atom. The number of benzene rings is 1. The molecule has 0 unspecified atom stereocenters. The van der Waals surface area contributed by atoms with E-state index in [4.69, 9.17) is 14.6 Å². The fraction of sp³-hybridized carbons (Fsp3) is 0.562. The van der Waals surface area contributed by atoms with Gasteiger partial charge in [0.1, 0.15) is 0 Å². The van der Waals surface area contributed by atoms with Crippen LogP contribution in [-0.2, 0) is 4.74 Å². The highest BCUT2D eigenvalue weighted by atomic mass is 19.1. The Labute approximate surface area is 129 Å². The van der Waals surface area contributed by atoms with Gasteiger partial charge in [0.2, 0.25) is 0 Å². The minimum absolute atomic E-state index is 0.0423. The first kappa shape index (κ1) is 16.7. The fourth-order valence-electron chi connectivity index (χ4n) is 2.80. The second kappa shape index (κ2) is 7.56. The lowest BCUT2D eigenvalue weighted by molar-refractivity contribution is -0.0511. The van der Waals surface area contributed by atoms with E-state index in [1.807, 2.05) is 0 Å². The number of carbonyl (C=O) groups is 1. The molecule has 0 heterocycles. The molecule has 1 saturated carbocycles. The van der Waals surface area contributed by atoms with E-state index in [-0.39, 0.29) is 30.4 Å². The Bertz CT molecular complexity index is 515. The lowest BCUT2D eigenvalue weighted by Crippen LogP contribution is -2.43. The van der Waals surface area contributed by atoms with E-state index in [0.717, 1.165) is 31.7 Å². The monoisotopic (exact) mass is 311 g/mol. The van der Waals surface area contributed by atoms with Crippen molar-refractivity contribution in [2.24, 2.45) is 0 Å². The zero-order valence-electron chi connectivity index (χ0n) is 12.7. The summed E-state index contributed by atoms with van der Waals surface area (Å²) in [5.41, 5.74) is -0.169. The van der Waals surface area contributed by atoms with Gasteiger partial charge in [-0.2, -0.15) is 0 Å². The molecule has 1 aromatic rings. The number of halogens is 1. The normalized spacial score (nSPS) is 16.5. The van der Waals surface area contributed by atoms with E-state index in [1.54, 1.807) is 0 Å². The van der Waals surface area contributed by atoms with Crippen LogP contribution in [0.3, 0.4) is 0 Å². The summed E-state index contributed by atoms with van der Waals surface area (Å²) in [5.74, 6) is -0.808. The van der Waals surface area contributed by atoms with Gasteiger partial charge in [0, 0.05) is 12.1 Å². The SMILES string of the molecule is COc1ccc(C(=O)NCC2(OCCO)CCCC2)cc1F. The molecule has 0 radical (unpaired) electrons. The summed E-state index contributed by atoms with van der Waals surface area (Å²) in [6.07, 6.45) is 3.78. The van der Waals surface area contributed by atoms with Crippen LogP contribution >= 0.6 is 0 Å². The molecule has 6 heteroatoms. The highest BCUT2D eigenvalue weighted by molar-refractivity contribution is 5.94. The second-order valence-corrected chi connectivity index (χ2v) is 5.49. The maximum absolute atomic E-state index is 13.6. The molecule has 0 bridgehead atoms. The van der Waals surface area contributed by atoms with Gasteiger partial charge in [-0.05, 0) is 31.0 Å². The zero-order valence-corrected chi connectivity index (χ0v) is 12.7. The second-order valence-electron chi connectivity index (χ2n) is 5.49. The Morgan fingerprint density at radius 3 is 2.73 bits per heavy atom. The lowest BCUT2D eigenvalue weighted by atomic mass is 10.0. The van der Waals surface area contributed by atoms with Crippen LogP contribution in [0.2, 0.25) is 0 Å². The first-order chi connectivity index (χ1) is 10.6. The van der Waals surface area contributed by atoms with Crippen LogP contribution in [0.25, 0.3) is 0 Å². The van der Waals surface area contributed by atoms with Crippen molar-refractivity contribution in [3.63, 3.8) is 0 Å². The smallest absolute Gasteiger partial charge is 0.251 e. The van der Waals surface area contributed by atoms with Crippen LogP contribution in [0.4, 0.5) is 4.39 Å². The number of amides is 1. The molecule has 1 amide bonds. The van der Waals surface area contributed by atoms with Gasteiger partial charge in [-0.1, -0.05) is 12.8 Å². The molecular weight excluding hydrogens is 289 g/mol. The molecule has 1 fully saturated rings. The Kier molecular flexibility index (Phi) is 5.74. The summed E-state index contributed by atoms with van der Waals surface area (Å²) in [6, 6.07) is 4.11. The molecule has 0 aromatic heterocycles. The van der Waals surface area contributed by atoms with Crippen LogP contribution in [-0.4, -0.2) is 43.5 Å². The number of aliphatic hydroxyl groups is 1. The van der Waals surface area contributed by atoms with Crippen molar-refractivity contribution in [3.05, 3.63) is 29.6 Å². The van der Waals surface area contributed by atoms with Crippen molar-refractivity contribution in [1.82, 2.24) is 5.32 Å². The van der Waals surface area contributed by atoms with Crippen LogP contribution in [0.5, 0.6) is 5.75 Å². The molecule has 0 spiro atoms. The Morgan fingerprint density at radius 1 is 1.41 bits per heavy atom. The van der Waals surface area contributed by atoms with Crippen molar-refractivity contribution in [3.8, 4) is 5.75 Å². The van der Waals surface area contributed by atoms with Gasteiger partial charge in [-0.15, -0.1) is 0 Å².